The molecular formula is C62H60Br4Cl4N8O14S2. The lowest BCUT2D eigenvalue weighted by atomic mass is 10.0. The first-order valence-corrected chi connectivity index (χ1v) is 36.2. The quantitative estimate of drug-likeness (QED) is 0.0699. The molecule has 8 heterocycles. The van der Waals surface area contributed by atoms with E-state index in [0.29, 0.717) is 114 Å². The van der Waals surface area contributed by atoms with Crippen LogP contribution >= 0.6 is 134 Å². The minimum Gasteiger partial charge on any atom is -0.392 e. The first-order valence-electron chi connectivity index (χ1n) is 29.4. The summed E-state index contributed by atoms with van der Waals surface area (Å²) >= 11 is 40.5. The molecule has 12 rings (SSSR count). The zero-order chi connectivity index (χ0) is 67.7. The lowest BCUT2D eigenvalue weighted by Gasteiger charge is -2.27. The van der Waals surface area contributed by atoms with Gasteiger partial charge in [-0.05, 0) is 162 Å². The van der Waals surface area contributed by atoms with E-state index in [4.69, 9.17) is 55.9 Å². The summed E-state index contributed by atoms with van der Waals surface area (Å²) in [5.41, 5.74) is 0.820. The molecular weight excluding hydrogens is 1610 g/mol. The van der Waals surface area contributed by atoms with Crippen LogP contribution in [0.4, 0.5) is 0 Å². The fourth-order valence-electron chi connectivity index (χ4n) is 10.7. The van der Waals surface area contributed by atoms with Gasteiger partial charge in [0.05, 0.1) is 152 Å². The molecule has 32 heteroatoms. The Morgan fingerprint density at radius 3 is 1.04 bits per heavy atom. The molecule has 8 atom stereocenters. The fraction of sp³-hybridized carbons (Fsp3) is 0.419. The molecule has 4 aromatic heterocycles. The van der Waals surface area contributed by atoms with Gasteiger partial charge in [0.25, 0.3) is 22.2 Å². The second-order valence-corrected chi connectivity index (χ2v) is 30.3. The van der Waals surface area contributed by atoms with Crippen molar-refractivity contribution < 1.29 is 49.1 Å². The number of fused-ring (bicyclic) bond motifs is 4. The molecule has 4 saturated heterocycles. The fourth-order valence-corrected chi connectivity index (χ4v) is 15.3. The molecule has 4 aliphatic heterocycles. The summed E-state index contributed by atoms with van der Waals surface area (Å²) < 4.78 is 18.5. The van der Waals surface area contributed by atoms with Gasteiger partial charge in [-0.25, -0.2) is 19.9 Å². The minimum absolute atomic E-state index is 0.0424. The van der Waals surface area contributed by atoms with Crippen molar-refractivity contribution in [2.24, 2.45) is 0 Å². The summed E-state index contributed by atoms with van der Waals surface area (Å²) in [5.74, 6) is 1.27. The highest BCUT2D eigenvalue weighted by atomic mass is 79.9. The topological polar surface area (TPSA) is 307 Å². The highest BCUT2D eigenvalue weighted by Crippen LogP contribution is 2.32. The second-order valence-electron chi connectivity index (χ2n) is 22.6. The first-order chi connectivity index (χ1) is 44.8. The van der Waals surface area contributed by atoms with Crippen molar-refractivity contribution in [2.75, 3.05) is 24.7 Å². The standard InChI is InChI=1S/C16H16BrClN2O4.C16H16BrClN2O3S.C15H14BrClN2O4.C15H14BrClN2O3S/c2*17-11-6-13-10(5-12(11)18)16(23)20(8-19-13)7-9(21)4-15-14(22)2-1-3-24-15;2*16-10-5-12-9(4-11(10)17)15(22)19(7-18-12)6-8(20)3-14-13(21)1-2-23-14/h2*5-6,8,14-15,22H,1-4,7H2;2*4-5,7,13-14,21H,1-3,6H2/t2*14-,15+;2*13-,14+/m1111/s1. The van der Waals surface area contributed by atoms with Gasteiger partial charge in [0.1, 0.15) is 0 Å². The Hall–Kier alpha value is -4.34. The largest absolute Gasteiger partial charge is 0.392 e. The molecule has 4 aromatic carbocycles. The van der Waals surface area contributed by atoms with Crippen LogP contribution in [0.3, 0.4) is 0 Å². The molecule has 0 amide bonds. The smallest absolute Gasteiger partial charge is 0.261 e. The van der Waals surface area contributed by atoms with E-state index in [-0.39, 0.29) is 108 Å². The number of carbonyl (C=O) groups excluding carboxylic acids is 4. The molecule has 22 nitrogen and oxygen atoms in total. The third-order valence-electron chi connectivity index (χ3n) is 15.7. The summed E-state index contributed by atoms with van der Waals surface area (Å²) in [6, 6.07) is 12.8. The Morgan fingerprint density at radius 1 is 0.426 bits per heavy atom. The number of benzene rings is 4. The van der Waals surface area contributed by atoms with Crippen molar-refractivity contribution in [1.82, 2.24) is 38.2 Å². The van der Waals surface area contributed by atoms with E-state index in [1.165, 1.54) is 55.7 Å². The Morgan fingerprint density at radius 2 is 0.734 bits per heavy atom. The Kier molecular flexibility index (Phi) is 26.7. The summed E-state index contributed by atoms with van der Waals surface area (Å²) in [6.07, 6.45) is 7.36. The molecule has 500 valence electrons. The average molecular weight is 1670 g/mol. The Bertz CT molecular complexity index is 4160. The van der Waals surface area contributed by atoms with Gasteiger partial charge < -0.3 is 29.9 Å². The number of ketones is 4. The molecule has 0 aliphatic carbocycles. The van der Waals surface area contributed by atoms with E-state index >= 15 is 0 Å². The number of hydrogen-bond acceptors (Lipinski definition) is 20. The maximum atomic E-state index is 12.5. The van der Waals surface area contributed by atoms with Crippen molar-refractivity contribution in [2.45, 2.75) is 138 Å². The van der Waals surface area contributed by atoms with Crippen LogP contribution in [0.15, 0.2) is 111 Å². The highest BCUT2D eigenvalue weighted by Gasteiger charge is 2.31. The van der Waals surface area contributed by atoms with Crippen molar-refractivity contribution in [3.8, 4) is 0 Å². The monoisotopic (exact) mass is 1660 g/mol. The summed E-state index contributed by atoms with van der Waals surface area (Å²) in [6.45, 7) is 0.687. The van der Waals surface area contributed by atoms with Gasteiger partial charge in [-0.1, -0.05) is 46.4 Å². The molecule has 8 aromatic rings. The number of nitrogens with zero attached hydrogens (tertiary/aromatic N) is 8. The van der Waals surface area contributed by atoms with Crippen molar-refractivity contribution >= 4 is 200 Å². The summed E-state index contributed by atoms with van der Waals surface area (Å²) in [5, 5.41) is 42.3. The second kappa shape index (κ2) is 33.9. The lowest BCUT2D eigenvalue weighted by Crippen LogP contribution is -2.37. The van der Waals surface area contributed by atoms with Crippen LogP contribution in [0, 0.1) is 0 Å². The van der Waals surface area contributed by atoms with Crippen LogP contribution in [0.25, 0.3) is 43.6 Å². The van der Waals surface area contributed by atoms with E-state index in [9.17, 15) is 58.8 Å². The molecule has 0 unspecified atom stereocenters. The molecule has 4 aliphatic rings. The van der Waals surface area contributed by atoms with E-state index < -0.39 is 36.6 Å². The van der Waals surface area contributed by atoms with Crippen molar-refractivity contribution in [3.63, 3.8) is 0 Å². The number of Topliss-reactive ketones (excluding diaryl/α,β-unsaturated/α-hetero) is 4. The van der Waals surface area contributed by atoms with Gasteiger partial charge in [0.2, 0.25) is 0 Å². The van der Waals surface area contributed by atoms with Crippen LogP contribution < -0.4 is 22.2 Å². The van der Waals surface area contributed by atoms with Crippen LogP contribution in [-0.2, 0) is 54.8 Å². The molecule has 4 fully saturated rings. The number of carbonyl (C=O) groups is 4. The van der Waals surface area contributed by atoms with Crippen LogP contribution in [-0.4, -0.2) is 154 Å². The molecule has 0 saturated carbocycles. The zero-order valence-electron chi connectivity index (χ0n) is 49.6. The number of hydrogen-bond donors (Lipinski definition) is 4. The number of aliphatic hydroxyl groups is 4. The molecule has 94 heavy (non-hydrogen) atoms. The molecule has 4 N–H and O–H groups in total. The summed E-state index contributed by atoms with van der Waals surface area (Å²) in [4.78, 5) is 116. The maximum Gasteiger partial charge on any atom is 0.261 e. The first kappa shape index (κ1) is 73.9. The van der Waals surface area contributed by atoms with Crippen LogP contribution in [0.2, 0.25) is 20.1 Å². The molecule has 0 spiro atoms. The predicted molar refractivity (Wildman–Crippen MR) is 377 cm³/mol. The number of ether oxygens (including phenoxy) is 2. The van der Waals surface area contributed by atoms with Crippen LogP contribution in [0.1, 0.15) is 64.2 Å². The highest BCUT2D eigenvalue weighted by molar-refractivity contribution is 9.11. The normalized spacial score (nSPS) is 21.1. The van der Waals surface area contributed by atoms with Crippen molar-refractivity contribution in [3.05, 3.63) is 153 Å². The lowest BCUT2D eigenvalue weighted by molar-refractivity contribution is -0.129. The van der Waals surface area contributed by atoms with Gasteiger partial charge >= 0.3 is 0 Å². The predicted octanol–water partition coefficient (Wildman–Crippen LogP) is 9.90. The molecule has 0 bridgehead atoms. The van der Waals surface area contributed by atoms with Gasteiger partial charge in [-0.15, -0.1) is 0 Å². The Balaban J connectivity index is 0.000000148. The number of aliphatic hydroxyl groups excluding tert-OH is 4. The van der Waals surface area contributed by atoms with Gasteiger partial charge in [-0.2, -0.15) is 23.5 Å². The maximum absolute atomic E-state index is 12.5. The number of halogens is 8. The minimum atomic E-state index is -0.634. The number of rotatable bonds is 16. The third kappa shape index (κ3) is 19.1. The van der Waals surface area contributed by atoms with Crippen LogP contribution in [0.5, 0.6) is 0 Å². The SMILES string of the molecule is O=C(C[C@@H]1OCCC[C@H]1O)Cn1cnc2cc(Br)c(Cl)cc2c1=O.O=C(C[C@@H]1OCC[C@H]1O)Cn1cnc2cc(Br)c(Cl)cc2c1=O.O=C(C[C@@H]1SCCC[C@H]1O)Cn1cnc2cc(Br)c(Cl)cc2c1=O.O=C(C[C@@H]1SCC[C@H]1O)Cn1cnc2cc(Br)c(Cl)cc2c1=O. The third-order valence-corrected chi connectivity index (χ3v) is 23.3. The molecule has 0 radical (unpaired) electrons. The van der Waals surface area contributed by atoms with E-state index in [1.54, 1.807) is 59.9 Å². The van der Waals surface area contributed by atoms with Crippen molar-refractivity contribution in [1.29, 1.82) is 0 Å². The number of aromatic nitrogens is 8. The summed E-state index contributed by atoms with van der Waals surface area (Å²) in [7, 11) is 0. The average Bonchev–Trinajstić information content (AvgIpc) is 0.895. The van der Waals surface area contributed by atoms with E-state index in [1.807, 2.05) is 0 Å². The van der Waals surface area contributed by atoms with E-state index in [2.05, 4.69) is 83.7 Å². The van der Waals surface area contributed by atoms with Gasteiger partial charge in [0.15, 0.2) is 23.1 Å². The Labute approximate surface area is 597 Å². The zero-order valence-corrected chi connectivity index (χ0v) is 60.6. The number of thioether (sulfide) groups is 2. The van der Waals surface area contributed by atoms with E-state index in [0.717, 1.165) is 30.8 Å². The van der Waals surface area contributed by atoms with Gasteiger partial charge in [0, 0.05) is 67.3 Å². The van der Waals surface area contributed by atoms with Gasteiger partial charge in [-0.3, -0.25) is 56.6 Å².